The molecule has 0 aliphatic rings. The molecular weight excluding hydrogens is 393 g/mol. The number of hydrogen-bond acceptors (Lipinski definition) is 3. The largest absolute Gasteiger partial charge is 0.356 e. The van der Waals surface area contributed by atoms with Crippen LogP contribution in [-0.4, -0.2) is 55.5 Å². The minimum absolute atomic E-state index is 0. The zero-order valence-corrected chi connectivity index (χ0v) is 15.4. The number of carbonyl (C=O) groups excluding carboxylic acids is 1. The Balaban J connectivity index is 0.00000441. The lowest BCUT2D eigenvalue weighted by molar-refractivity contribution is -0.127. The Bertz CT molecular complexity index is 476. The number of hydrogen-bond donors (Lipinski definition) is 2. The van der Waals surface area contributed by atoms with Gasteiger partial charge in [0.05, 0.1) is 0 Å². The summed E-state index contributed by atoms with van der Waals surface area (Å²) in [5, 5.41) is 6.26. The molecule has 122 valence electrons. The van der Waals surface area contributed by atoms with Gasteiger partial charge in [-0.25, -0.2) is 4.99 Å². The predicted octanol–water partition coefficient (Wildman–Crippen LogP) is 1.05. The summed E-state index contributed by atoms with van der Waals surface area (Å²) in [6, 6.07) is 5.83. The van der Waals surface area contributed by atoms with E-state index in [-0.39, 0.29) is 36.4 Å². The molecule has 0 aromatic carbocycles. The van der Waals surface area contributed by atoms with Crippen molar-refractivity contribution in [1.82, 2.24) is 20.5 Å². The summed E-state index contributed by atoms with van der Waals surface area (Å²) in [5.74, 6) is 0.556. The fourth-order valence-corrected chi connectivity index (χ4v) is 1.49. The van der Waals surface area contributed by atoms with E-state index in [4.69, 9.17) is 0 Å². The lowest BCUT2D eigenvalue weighted by Gasteiger charge is -2.12. The van der Waals surface area contributed by atoms with Crippen LogP contribution in [0.15, 0.2) is 42.0 Å². The van der Waals surface area contributed by atoms with E-state index in [2.05, 4.69) is 27.2 Å². The Labute approximate surface area is 149 Å². The number of aliphatic imine (C=N–C) groups is 1. The second-order valence-electron chi connectivity index (χ2n) is 4.62. The maximum Gasteiger partial charge on any atom is 0.243 e. The zero-order chi connectivity index (χ0) is 15.5. The summed E-state index contributed by atoms with van der Waals surface area (Å²) in [6.07, 6.45) is 4.30. The third kappa shape index (κ3) is 8.60. The van der Waals surface area contributed by atoms with Crippen LogP contribution >= 0.6 is 24.0 Å². The van der Waals surface area contributed by atoms with Gasteiger partial charge in [-0.2, -0.15) is 0 Å². The van der Waals surface area contributed by atoms with Gasteiger partial charge in [-0.05, 0) is 12.1 Å². The summed E-state index contributed by atoms with van der Waals surface area (Å²) < 4.78 is 0. The summed E-state index contributed by atoms with van der Waals surface area (Å²) in [4.78, 5) is 21.6. The topological polar surface area (TPSA) is 69.6 Å². The molecule has 6 nitrogen and oxygen atoms in total. The molecule has 1 rings (SSSR count). The van der Waals surface area contributed by atoms with Crippen molar-refractivity contribution in [3.8, 4) is 0 Å². The number of likely N-dealkylation sites (N-methyl/N-ethyl adjacent to an activating group) is 1. The first-order valence-electron chi connectivity index (χ1n) is 6.86. The van der Waals surface area contributed by atoms with Crippen LogP contribution in [0.4, 0.5) is 0 Å². The summed E-state index contributed by atoms with van der Waals surface area (Å²) in [5.41, 5.74) is 1.01. The van der Waals surface area contributed by atoms with Crippen molar-refractivity contribution < 1.29 is 4.79 Å². The van der Waals surface area contributed by atoms with Gasteiger partial charge in [0.2, 0.25) is 5.91 Å². The second-order valence-corrected chi connectivity index (χ2v) is 4.62. The number of guanidine groups is 1. The Morgan fingerprint density at radius 3 is 2.77 bits per heavy atom. The Hall–Kier alpha value is -1.64. The number of rotatable bonds is 7. The normalized spacial score (nSPS) is 10.4. The standard InChI is InChI=1S/C15H23N5O.HI/c1-4-9-17-15(19-12-14(21)20(2)3)18-11-8-13-7-5-6-10-16-13;/h4-7,10H,1,8-9,11-12H2,2-3H3,(H2,17,18,19);1H. The lowest BCUT2D eigenvalue weighted by Crippen LogP contribution is -2.39. The molecule has 7 heteroatoms. The highest BCUT2D eigenvalue weighted by Gasteiger charge is 2.04. The van der Waals surface area contributed by atoms with Gasteiger partial charge in [-0.1, -0.05) is 12.1 Å². The van der Waals surface area contributed by atoms with Crippen molar-refractivity contribution in [2.24, 2.45) is 4.99 Å². The number of carbonyl (C=O) groups is 1. The summed E-state index contributed by atoms with van der Waals surface area (Å²) in [7, 11) is 3.42. The third-order valence-corrected chi connectivity index (χ3v) is 2.68. The molecule has 0 aliphatic heterocycles. The van der Waals surface area contributed by atoms with Crippen LogP contribution in [0.1, 0.15) is 5.69 Å². The maximum absolute atomic E-state index is 11.5. The fourth-order valence-electron chi connectivity index (χ4n) is 1.49. The molecule has 2 N–H and O–H groups in total. The highest BCUT2D eigenvalue weighted by molar-refractivity contribution is 14.0. The zero-order valence-electron chi connectivity index (χ0n) is 13.1. The molecule has 0 aliphatic carbocycles. The number of aromatic nitrogens is 1. The van der Waals surface area contributed by atoms with Crippen LogP contribution in [-0.2, 0) is 11.2 Å². The monoisotopic (exact) mass is 417 g/mol. The van der Waals surface area contributed by atoms with Crippen LogP contribution < -0.4 is 10.6 Å². The average Bonchev–Trinajstić information content (AvgIpc) is 2.50. The predicted molar refractivity (Wildman–Crippen MR) is 101 cm³/mol. The molecule has 0 fully saturated rings. The number of nitrogens with one attached hydrogen (secondary N) is 2. The van der Waals surface area contributed by atoms with E-state index in [1.807, 2.05) is 18.2 Å². The van der Waals surface area contributed by atoms with Gasteiger partial charge in [0.25, 0.3) is 0 Å². The molecule has 0 saturated heterocycles. The van der Waals surface area contributed by atoms with Crippen molar-refractivity contribution in [3.63, 3.8) is 0 Å². The highest BCUT2D eigenvalue weighted by atomic mass is 127. The van der Waals surface area contributed by atoms with Gasteiger partial charge < -0.3 is 15.5 Å². The molecule has 1 aromatic rings. The maximum atomic E-state index is 11.5. The van der Waals surface area contributed by atoms with Crippen LogP contribution in [0.25, 0.3) is 0 Å². The van der Waals surface area contributed by atoms with E-state index >= 15 is 0 Å². The van der Waals surface area contributed by atoms with Gasteiger partial charge in [0.1, 0.15) is 6.54 Å². The quantitative estimate of drug-likeness (QED) is 0.301. The van der Waals surface area contributed by atoms with Gasteiger partial charge >= 0.3 is 0 Å². The van der Waals surface area contributed by atoms with E-state index in [1.54, 1.807) is 26.4 Å². The Kier molecular flexibility index (Phi) is 11.1. The van der Waals surface area contributed by atoms with E-state index in [9.17, 15) is 4.79 Å². The molecule has 1 heterocycles. The molecule has 0 radical (unpaired) electrons. The van der Waals surface area contributed by atoms with Gasteiger partial charge in [0.15, 0.2) is 5.96 Å². The average molecular weight is 417 g/mol. The van der Waals surface area contributed by atoms with Crippen molar-refractivity contribution in [2.75, 3.05) is 33.7 Å². The minimum Gasteiger partial charge on any atom is -0.356 e. The van der Waals surface area contributed by atoms with Crippen LogP contribution in [0.3, 0.4) is 0 Å². The molecule has 1 aromatic heterocycles. The van der Waals surface area contributed by atoms with Crippen molar-refractivity contribution in [3.05, 3.63) is 42.7 Å². The first-order chi connectivity index (χ1) is 10.1. The molecule has 0 spiro atoms. The molecule has 0 saturated carbocycles. The number of halogens is 1. The van der Waals surface area contributed by atoms with Gasteiger partial charge in [-0.3, -0.25) is 9.78 Å². The SMILES string of the molecule is C=CCNC(=NCC(=O)N(C)C)NCCc1ccccn1.I. The van der Waals surface area contributed by atoms with Crippen LogP contribution in [0.2, 0.25) is 0 Å². The molecule has 22 heavy (non-hydrogen) atoms. The van der Waals surface area contributed by atoms with Crippen molar-refractivity contribution in [1.29, 1.82) is 0 Å². The second kappa shape index (κ2) is 12.0. The molecule has 0 atom stereocenters. The summed E-state index contributed by atoms with van der Waals surface area (Å²) in [6.45, 7) is 5.05. The van der Waals surface area contributed by atoms with Crippen LogP contribution in [0.5, 0.6) is 0 Å². The van der Waals surface area contributed by atoms with Crippen molar-refractivity contribution >= 4 is 35.8 Å². The molecule has 1 amide bonds. The van der Waals surface area contributed by atoms with E-state index in [1.165, 1.54) is 4.90 Å². The molecule has 0 bridgehead atoms. The lowest BCUT2D eigenvalue weighted by atomic mass is 10.3. The third-order valence-electron chi connectivity index (χ3n) is 2.68. The number of nitrogens with zero attached hydrogens (tertiary/aromatic N) is 3. The summed E-state index contributed by atoms with van der Waals surface area (Å²) >= 11 is 0. The van der Waals surface area contributed by atoms with E-state index < -0.39 is 0 Å². The van der Waals surface area contributed by atoms with Gasteiger partial charge in [0, 0.05) is 45.5 Å². The molecular formula is C15H24IN5O. The molecule has 0 unspecified atom stereocenters. The first kappa shape index (κ1) is 20.4. The number of pyridine rings is 1. The Morgan fingerprint density at radius 2 is 2.18 bits per heavy atom. The highest BCUT2D eigenvalue weighted by Crippen LogP contribution is 1.93. The van der Waals surface area contributed by atoms with Crippen molar-refractivity contribution in [2.45, 2.75) is 6.42 Å². The van der Waals surface area contributed by atoms with Crippen LogP contribution in [0, 0.1) is 0 Å². The minimum atomic E-state index is -0.0422. The smallest absolute Gasteiger partial charge is 0.243 e. The first-order valence-corrected chi connectivity index (χ1v) is 6.86. The number of amides is 1. The van der Waals surface area contributed by atoms with E-state index in [0.717, 1.165) is 12.1 Å². The van der Waals surface area contributed by atoms with E-state index in [0.29, 0.717) is 19.0 Å². The fraction of sp³-hybridized carbons (Fsp3) is 0.400. The van der Waals surface area contributed by atoms with Gasteiger partial charge in [-0.15, -0.1) is 30.6 Å². The Morgan fingerprint density at radius 1 is 1.41 bits per heavy atom.